The van der Waals surface area contributed by atoms with Gasteiger partial charge >= 0.3 is 0 Å². The number of fused-ring (bicyclic) bond motifs is 1. The Bertz CT molecular complexity index is 1550. The van der Waals surface area contributed by atoms with Crippen LogP contribution in [0.5, 0.6) is 0 Å². The van der Waals surface area contributed by atoms with Gasteiger partial charge in [0.05, 0.1) is 0 Å². The van der Waals surface area contributed by atoms with Crippen LogP contribution in [0.2, 0.25) is 0 Å². The number of hydrogen-bond donors (Lipinski definition) is 0. The summed E-state index contributed by atoms with van der Waals surface area (Å²) in [5, 5.41) is 0.388. The van der Waals surface area contributed by atoms with E-state index in [-0.39, 0.29) is 33.7 Å². The van der Waals surface area contributed by atoms with E-state index in [1.165, 1.54) is 36.7 Å². The largest absolute Gasteiger partial charge is 0.352 e. The molecule has 1 aliphatic rings. The highest BCUT2D eigenvalue weighted by molar-refractivity contribution is 6.00. The van der Waals surface area contributed by atoms with Crippen LogP contribution >= 0.6 is 0 Å². The molecule has 0 radical (unpaired) electrons. The second-order valence-corrected chi connectivity index (χ2v) is 9.64. The normalized spacial score (nSPS) is 14.1. The van der Waals surface area contributed by atoms with Crippen molar-refractivity contribution in [3.05, 3.63) is 90.5 Å². The van der Waals surface area contributed by atoms with Crippen molar-refractivity contribution in [3.8, 4) is 22.3 Å². The van der Waals surface area contributed by atoms with E-state index in [9.17, 15) is 9.18 Å². The third-order valence-corrected chi connectivity index (χ3v) is 6.78. The summed E-state index contributed by atoms with van der Waals surface area (Å²) in [6, 6.07) is 13.5. The van der Waals surface area contributed by atoms with Gasteiger partial charge in [0.1, 0.15) is 29.3 Å². The molecule has 0 bridgehead atoms. The van der Waals surface area contributed by atoms with Crippen molar-refractivity contribution >= 4 is 22.6 Å². The van der Waals surface area contributed by atoms with Crippen molar-refractivity contribution in [3.63, 3.8) is 0 Å². The molecule has 39 heavy (non-hydrogen) atoms. The first-order valence-electron chi connectivity index (χ1n) is 12.7. The number of nitrogens with zero attached hydrogens (tertiary/aromatic N) is 5. The van der Waals surface area contributed by atoms with Crippen LogP contribution in [0.4, 0.5) is 19.0 Å². The van der Waals surface area contributed by atoms with E-state index in [4.69, 9.17) is 0 Å². The number of rotatable bonds is 6. The maximum Gasteiger partial charge on any atom is 0.246 e. The fourth-order valence-electron chi connectivity index (χ4n) is 4.83. The highest BCUT2D eigenvalue weighted by Gasteiger charge is 2.26. The van der Waals surface area contributed by atoms with E-state index in [2.05, 4.69) is 9.97 Å². The van der Waals surface area contributed by atoms with Crippen molar-refractivity contribution in [2.45, 2.75) is 0 Å². The SMILES string of the molecule is CN(C)C/C=C/C(=O)N1CCN(c2ncnc3c(F)c(-c4ccccc4F)c(-c4ccccc4F)cc23)CC1. The van der Waals surface area contributed by atoms with Crippen LogP contribution in [-0.4, -0.2) is 72.5 Å². The molecule has 0 saturated carbocycles. The first-order valence-corrected chi connectivity index (χ1v) is 12.7. The lowest BCUT2D eigenvalue weighted by molar-refractivity contribution is -0.126. The lowest BCUT2D eigenvalue weighted by atomic mass is 9.91. The second-order valence-electron chi connectivity index (χ2n) is 9.64. The Balaban J connectivity index is 1.56. The van der Waals surface area contributed by atoms with Crippen molar-refractivity contribution in [1.29, 1.82) is 0 Å². The zero-order valence-electron chi connectivity index (χ0n) is 21.7. The highest BCUT2D eigenvalue weighted by atomic mass is 19.1. The lowest BCUT2D eigenvalue weighted by Gasteiger charge is -2.35. The van der Waals surface area contributed by atoms with Gasteiger partial charge in [0.15, 0.2) is 5.82 Å². The Morgan fingerprint density at radius 2 is 1.54 bits per heavy atom. The molecule has 1 aromatic heterocycles. The molecular weight excluding hydrogens is 503 g/mol. The third kappa shape index (κ3) is 5.35. The monoisotopic (exact) mass is 531 g/mol. The summed E-state index contributed by atoms with van der Waals surface area (Å²) in [5.41, 5.74) is 0.328. The molecule has 1 aliphatic heterocycles. The summed E-state index contributed by atoms with van der Waals surface area (Å²) in [5.74, 6) is -1.51. The fourth-order valence-corrected chi connectivity index (χ4v) is 4.83. The van der Waals surface area contributed by atoms with Gasteiger partial charge in [-0.1, -0.05) is 42.5 Å². The van der Waals surface area contributed by atoms with Crippen molar-refractivity contribution in [2.75, 3.05) is 51.7 Å². The molecule has 6 nitrogen and oxygen atoms in total. The quantitative estimate of drug-likeness (QED) is 0.322. The first kappa shape index (κ1) is 26.4. The Morgan fingerprint density at radius 3 is 2.18 bits per heavy atom. The number of halogens is 3. The fraction of sp³-hybridized carbons (Fsp3) is 0.233. The van der Waals surface area contributed by atoms with E-state index in [0.29, 0.717) is 43.9 Å². The topological polar surface area (TPSA) is 52.6 Å². The molecule has 0 aliphatic carbocycles. The van der Waals surface area contributed by atoms with Gasteiger partial charge in [0.2, 0.25) is 5.91 Å². The first-order chi connectivity index (χ1) is 18.8. The van der Waals surface area contributed by atoms with Gasteiger partial charge in [0.25, 0.3) is 0 Å². The molecule has 0 N–H and O–H groups in total. The summed E-state index contributed by atoms with van der Waals surface area (Å²) < 4.78 is 46.1. The molecule has 2 heterocycles. The number of benzene rings is 3. The zero-order valence-corrected chi connectivity index (χ0v) is 21.7. The molecule has 1 saturated heterocycles. The standard InChI is InChI=1S/C30H28F3N5O/c1-36(2)13-7-12-26(39)37-14-16-38(17-15-37)30-23-18-22(20-8-3-5-10-24(20)31)27(21-9-4-6-11-25(21)32)28(33)29(23)34-19-35-30/h3-12,18-19H,13-17H2,1-2H3/b12-7+. The smallest absolute Gasteiger partial charge is 0.246 e. The van der Waals surface area contributed by atoms with Gasteiger partial charge in [-0.2, -0.15) is 0 Å². The predicted molar refractivity (Wildman–Crippen MR) is 147 cm³/mol. The van der Waals surface area contributed by atoms with Gasteiger partial charge in [-0.3, -0.25) is 4.79 Å². The number of likely N-dealkylation sites (N-methyl/N-ethyl adjacent to an activating group) is 1. The minimum atomic E-state index is -0.751. The maximum atomic E-state index is 16.2. The van der Waals surface area contributed by atoms with E-state index in [1.807, 2.05) is 30.0 Å². The summed E-state index contributed by atoms with van der Waals surface area (Å²) in [6.45, 7) is 2.55. The molecule has 0 unspecified atom stereocenters. The van der Waals surface area contributed by atoms with Crippen LogP contribution < -0.4 is 4.90 Å². The summed E-state index contributed by atoms with van der Waals surface area (Å²) in [7, 11) is 3.86. The van der Waals surface area contributed by atoms with Crippen LogP contribution in [0.15, 0.2) is 73.1 Å². The Labute approximate surface area is 225 Å². The van der Waals surface area contributed by atoms with Gasteiger partial charge < -0.3 is 14.7 Å². The Hall–Kier alpha value is -4.24. The van der Waals surface area contributed by atoms with Gasteiger partial charge in [-0.25, -0.2) is 23.1 Å². The van der Waals surface area contributed by atoms with Gasteiger partial charge in [-0.05, 0) is 37.9 Å². The number of anilines is 1. The molecule has 200 valence electrons. The van der Waals surface area contributed by atoms with Crippen LogP contribution in [0.1, 0.15) is 0 Å². The average Bonchev–Trinajstić information content (AvgIpc) is 2.93. The maximum absolute atomic E-state index is 16.2. The van der Waals surface area contributed by atoms with Crippen LogP contribution in [0, 0.1) is 17.5 Å². The van der Waals surface area contributed by atoms with Crippen LogP contribution in [-0.2, 0) is 4.79 Å². The Kier molecular flexibility index (Phi) is 7.60. The molecule has 5 rings (SSSR count). The number of carbonyl (C=O) groups excluding carboxylic acids is 1. The minimum absolute atomic E-state index is 0.0171. The predicted octanol–water partition coefficient (Wildman–Crippen LogP) is 5.15. The number of amides is 1. The van der Waals surface area contributed by atoms with Crippen molar-refractivity contribution < 1.29 is 18.0 Å². The molecule has 9 heteroatoms. The lowest BCUT2D eigenvalue weighted by Crippen LogP contribution is -2.48. The van der Waals surface area contributed by atoms with Crippen LogP contribution in [0.25, 0.3) is 33.2 Å². The minimum Gasteiger partial charge on any atom is -0.352 e. The number of aromatic nitrogens is 2. The number of carbonyl (C=O) groups is 1. The van der Waals surface area contributed by atoms with Gasteiger partial charge in [-0.15, -0.1) is 0 Å². The summed E-state index contributed by atoms with van der Waals surface area (Å²) in [4.78, 5) is 26.9. The molecular formula is C30H28F3N5O. The summed E-state index contributed by atoms with van der Waals surface area (Å²) >= 11 is 0. The summed E-state index contributed by atoms with van der Waals surface area (Å²) in [6.07, 6.45) is 4.68. The van der Waals surface area contributed by atoms with E-state index in [0.717, 1.165) is 0 Å². The number of hydrogen-bond acceptors (Lipinski definition) is 5. The highest BCUT2D eigenvalue weighted by Crippen LogP contribution is 2.41. The number of piperazine rings is 1. The second kappa shape index (κ2) is 11.2. The molecule has 3 aromatic carbocycles. The zero-order chi connectivity index (χ0) is 27.5. The molecule has 0 atom stereocenters. The third-order valence-electron chi connectivity index (χ3n) is 6.78. The molecule has 4 aromatic rings. The Morgan fingerprint density at radius 1 is 0.897 bits per heavy atom. The van der Waals surface area contributed by atoms with E-state index < -0.39 is 17.5 Å². The molecule has 0 spiro atoms. The van der Waals surface area contributed by atoms with Crippen molar-refractivity contribution in [1.82, 2.24) is 19.8 Å². The van der Waals surface area contributed by atoms with Crippen LogP contribution in [0.3, 0.4) is 0 Å². The van der Waals surface area contributed by atoms with E-state index >= 15 is 8.78 Å². The van der Waals surface area contributed by atoms with E-state index in [1.54, 1.807) is 35.2 Å². The molecule has 1 fully saturated rings. The average molecular weight is 532 g/mol. The van der Waals surface area contributed by atoms with Crippen molar-refractivity contribution in [2.24, 2.45) is 0 Å². The van der Waals surface area contributed by atoms with Gasteiger partial charge in [0, 0.05) is 60.9 Å². The molecule has 1 amide bonds.